The van der Waals surface area contributed by atoms with E-state index in [9.17, 15) is 58.8 Å². The standard InChI is InChI=1S/C90H121ClN12O21S4/c1-51-23-17-20-31-73(121-10)90(119)47-72(122-88(118)101-90)52(2)79-89(6,124-79)74(46-76(109)103(8)69-42-58(39-51)43-71(120-9)77(69)91)123-86(116)53(3)102(7)75(108)34-37-125-126-38-36-93-87(117)99-64(41-57-26-15-12-16-27-57)82(112)97-67-49-127-128-50-68(84(114)96-66(48-104)54(4)105)98-85(115)78(55(5)106)100-81(111)63(30-21-22-35-92)94-83(113)65(44-60-33-32-59-28-18-19-29-62(59)60)95-80(110)61(45-70(67)107)40-56-24-13-11-14-25-56/h11-20,23-29,33,42-43,52-55,61,63-68,72-74,78-79,104-106,119H,21-22,30-32,34-41,44-50,92H2,1-10H3,(H,94,113)(H,95,110)(H,96,114)(H,97,112)(H,98,115)(H,100,111)(H,101,118)(H2,93,99,117)/b20-17+,51-23+/t52-,53+,54-,55-,61-,63+,64-,65-,66-,67+,68+,72+,73-,74+,78+,79+,89+,90+/m1/s1. The smallest absolute Gasteiger partial charge is 0.409 e. The van der Waals surface area contributed by atoms with Crippen LogP contribution in [0.4, 0.5) is 15.3 Å². The first kappa shape index (κ1) is 102. The summed E-state index contributed by atoms with van der Waals surface area (Å²) in [5, 5.41) is 68.4. The lowest BCUT2D eigenvalue weighted by Crippen LogP contribution is -2.64. The molecule has 4 aliphatic heterocycles. The first-order valence-corrected chi connectivity index (χ1v) is 48.2. The number of carbonyl (C=O) groups excluding carboxylic acids is 12. The van der Waals surface area contributed by atoms with E-state index >= 15 is 19.2 Å². The highest BCUT2D eigenvalue weighted by molar-refractivity contribution is 8.77. The van der Waals surface area contributed by atoms with Crippen LogP contribution in [0.3, 0.4) is 0 Å². The second kappa shape index (κ2) is 49.1. The van der Waals surface area contributed by atoms with E-state index in [0.29, 0.717) is 59.6 Å². The van der Waals surface area contributed by atoms with Crippen molar-refractivity contribution >= 4 is 137 Å². The molecule has 3 fully saturated rings. The third kappa shape index (κ3) is 28.9. The Labute approximate surface area is 767 Å². The van der Waals surface area contributed by atoms with Crippen LogP contribution in [0.25, 0.3) is 5.57 Å². The average molecular weight is 1870 g/mol. The Morgan fingerprint density at radius 2 is 1.50 bits per heavy atom. The van der Waals surface area contributed by atoms with E-state index in [2.05, 4.69) is 47.9 Å². The number of allylic oxidation sites excluding steroid dienone is 4. The van der Waals surface area contributed by atoms with Gasteiger partial charge < -0.3 is 102 Å². The van der Waals surface area contributed by atoms with Crippen LogP contribution in [-0.4, -0.2) is 264 Å². The zero-order valence-corrected chi connectivity index (χ0v) is 77.7. The number of likely N-dealkylation sites (N-methyl/N-ethyl adjacent to an activating group) is 1. The number of amides is 11. The number of benzene rings is 4. The lowest BCUT2D eigenvalue weighted by Gasteiger charge is -2.42. The number of Topliss-reactive ketones (excluding diaryl/α,β-unsaturated/α-hetero) is 1. The Morgan fingerprint density at radius 1 is 0.820 bits per heavy atom. The number of halogens is 1. The van der Waals surface area contributed by atoms with Crippen molar-refractivity contribution in [3.05, 3.63) is 160 Å². The number of alkyl carbamates (subject to hydrolysis) is 1. The van der Waals surface area contributed by atoms with Gasteiger partial charge in [-0.2, -0.15) is 0 Å². The quantitative estimate of drug-likeness (QED) is 0.0130. The van der Waals surface area contributed by atoms with Gasteiger partial charge in [0.05, 0.1) is 56.2 Å². The molecule has 698 valence electrons. The Bertz CT molecular complexity index is 4640. The van der Waals surface area contributed by atoms with Crippen molar-refractivity contribution in [2.45, 2.75) is 221 Å². The van der Waals surface area contributed by atoms with Gasteiger partial charge in [0, 0.05) is 94.7 Å². The minimum atomic E-state index is -1.88. The molecule has 3 saturated heterocycles. The van der Waals surface area contributed by atoms with Crippen molar-refractivity contribution in [1.82, 2.24) is 52.8 Å². The molecule has 9 rings (SSSR count). The number of unbranched alkanes of at least 4 members (excludes halogenated alkanes) is 1. The molecule has 0 spiro atoms. The Morgan fingerprint density at radius 3 is 2.19 bits per heavy atom. The number of nitrogens with one attached hydrogen (secondary N) is 9. The summed E-state index contributed by atoms with van der Waals surface area (Å²) < 4.78 is 29.8. The van der Waals surface area contributed by atoms with Gasteiger partial charge in [0.1, 0.15) is 70.9 Å². The molecule has 4 heterocycles. The maximum Gasteiger partial charge on any atom is 0.409 e. The predicted molar refractivity (Wildman–Crippen MR) is 491 cm³/mol. The monoisotopic (exact) mass is 1870 g/mol. The van der Waals surface area contributed by atoms with Crippen LogP contribution in [0.5, 0.6) is 5.75 Å². The van der Waals surface area contributed by atoms with Gasteiger partial charge in [-0.1, -0.05) is 177 Å². The van der Waals surface area contributed by atoms with E-state index in [1.165, 1.54) is 80.5 Å². The van der Waals surface area contributed by atoms with E-state index in [1.807, 2.05) is 55.5 Å². The highest BCUT2D eigenvalue weighted by Crippen LogP contribution is 2.50. The number of anilines is 1. The fourth-order valence-corrected chi connectivity index (χ4v) is 20.1. The van der Waals surface area contributed by atoms with Crippen LogP contribution < -0.4 is 63.2 Å². The Kier molecular flexibility index (Phi) is 39.3. The summed E-state index contributed by atoms with van der Waals surface area (Å²) in [7, 11) is 10.5. The molecule has 0 unspecified atom stereocenters. The number of rotatable bonds is 30. The second-order valence-electron chi connectivity index (χ2n) is 33.0. The first-order valence-electron chi connectivity index (χ1n) is 42.8. The molecule has 18 atom stereocenters. The molecule has 15 N–H and O–H groups in total. The summed E-state index contributed by atoms with van der Waals surface area (Å²) in [6.07, 6.45) is 0.357. The minimum absolute atomic E-state index is 0.00758. The first-order chi connectivity index (χ1) is 61.1. The zero-order chi connectivity index (χ0) is 93.1. The number of aliphatic hydroxyl groups excluding tert-OH is 3. The number of methoxy groups -OCH3 is 2. The molecule has 38 heteroatoms. The normalized spacial score (nSPS) is 26.5. The van der Waals surface area contributed by atoms with E-state index < -0.39 is 199 Å². The van der Waals surface area contributed by atoms with Gasteiger partial charge in [0.2, 0.25) is 47.3 Å². The molecule has 4 aromatic carbocycles. The van der Waals surface area contributed by atoms with Gasteiger partial charge in [0.25, 0.3) is 0 Å². The van der Waals surface area contributed by atoms with Gasteiger partial charge in [-0.15, -0.1) is 0 Å². The number of nitrogens with zero attached hydrogens (tertiary/aromatic N) is 2. The van der Waals surface area contributed by atoms with E-state index in [0.717, 1.165) is 43.9 Å². The van der Waals surface area contributed by atoms with Crippen LogP contribution in [0.1, 0.15) is 127 Å². The van der Waals surface area contributed by atoms with Crippen molar-refractivity contribution in [3.8, 4) is 5.75 Å². The van der Waals surface area contributed by atoms with Crippen molar-refractivity contribution in [1.29, 1.82) is 0 Å². The highest BCUT2D eigenvalue weighted by Gasteiger charge is 2.65. The largest absolute Gasteiger partial charge is 0.495 e. The number of ether oxygens (including phenoxy) is 5. The van der Waals surface area contributed by atoms with Crippen LogP contribution in [-0.2, 0) is 92.6 Å². The zero-order valence-electron chi connectivity index (χ0n) is 73.6. The summed E-state index contributed by atoms with van der Waals surface area (Å²) in [4.78, 5) is 177. The van der Waals surface area contributed by atoms with Crippen LogP contribution in [0, 0.1) is 11.8 Å². The number of hydrogen-bond donors (Lipinski definition) is 14. The van der Waals surface area contributed by atoms with Gasteiger partial charge >= 0.3 is 18.1 Å². The highest BCUT2D eigenvalue weighted by atomic mass is 35.5. The SMILES string of the molecule is COc1cc2cc(c1Cl)N(C)C(=O)C[C@H](OC(=O)[C@H](C)N(C)C(=O)CCSSCCNC(=O)N[C@H](Cc1ccccc1)C(=O)N[C@H]1CSSC[C@@H](C(=O)N[C@H](CO)[C@@H](C)O)NC(=O)[C@H]([C@@H](C)O)NC(=O)[C@H](CCCCN)NC(=O)[C@@H](CC3=CCc4ccccc43)NC(=O)[C@H](Cc3ccccc3)CC1=O)[C@]1(C)O[C@H]1[C@H](C)[C@@H]1C[C@@](O)(NC(=O)O1)[C@H](OC)C/C=C/C=C(\C)C2. The molecule has 0 saturated carbocycles. The van der Waals surface area contributed by atoms with Crippen LogP contribution in [0.15, 0.2) is 127 Å². The number of fused-ring (bicyclic) bond motifs is 6. The number of aliphatic hydroxyl groups is 4. The summed E-state index contributed by atoms with van der Waals surface area (Å²) in [5.41, 5.74) is 8.44. The number of urea groups is 1. The molecule has 11 amide bonds. The summed E-state index contributed by atoms with van der Waals surface area (Å²) in [6, 6.07) is 16.7. The lowest BCUT2D eigenvalue weighted by atomic mass is 9.83. The van der Waals surface area contributed by atoms with Crippen molar-refractivity contribution < 1.29 is 102 Å². The number of ketones is 1. The fraction of sp³-hybridized carbons (Fsp3) is 0.533. The lowest BCUT2D eigenvalue weighted by molar-refractivity contribution is -0.162. The summed E-state index contributed by atoms with van der Waals surface area (Å²) in [5.74, 6) is -9.12. The van der Waals surface area contributed by atoms with Gasteiger partial charge in [-0.05, 0) is 132 Å². The van der Waals surface area contributed by atoms with Crippen LogP contribution >= 0.6 is 54.8 Å². The summed E-state index contributed by atoms with van der Waals surface area (Å²) in [6.45, 7) is 8.98. The fourth-order valence-electron chi connectivity index (χ4n) is 15.6. The minimum Gasteiger partial charge on any atom is -0.495 e. The van der Waals surface area contributed by atoms with Crippen molar-refractivity contribution in [2.24, 2.45) is 17.6 Å². The molecular weight excluding hydrogens is 1750 g/mol. The van der Waals surface area contributed by atoms with Crippen LogP contribution in [0.2, 0.25) is 5.02 Å². The Hall–Kier alpha value is -9.25. The molecule has 33 nitrogen and oxygen atoms in total. The van der Waals surface area contributed by atoms with Gasteiger partial charge in [-0.25, -0.2) is 14.4 Å². The maximum absolute atomic E-state index is 15.4. The molecule has 4 aromatic rings. The predicted octanol–water partition coefficient (Wildman–Crippen LogP) is 5.62. The third-order valence-corrected chi connectivity index (χ3v) is 28.7. The Balaban J connectivity index is 0.884. The number of carbonyl (C=O) groups is 12. The number of nitrogens with two attached hydrogens (primary N) is 1. The average Bonchev–Trinajstić information content (AvgIpc) is 1.57. The molecule has 5 aliphatic rings. The third-order valence-electron chi connectivity index (χ3n) is 23.4. The molecule has 1 aliphatic carbocycles. The van der Waals surface area contributed by atoms with E-state index in [4.69, 9.17) is 41.0 Å². The van der Waals surface area contributed by atoms with E-state index in [1.54, 1.807) is 86.6 Å². The van der Waals surface area contributed by atoms with E-state index in [-0.39, 0.29) is 80.3 Å². The van der Waals surface area contributed by atoms with Gasteiger partial charge in [0.15, 0.2) is 11.5 Å². The molecule has 128 heavy (non-hydrogen) atoms. The second-order valence-corrected chi connectivity index (χ2v) is 38.6. The molecule has 0 radical (unpaired) electrons. The van der Waals surface area contributed by atoms with Crippen molar-refractivity contribution in [2.75, 3.05) is 75.9 Å². The number of esters is 1. The molecule has 0 aromatic heterocycles. The molecular formula is C90H121ClN12O21S4. The number of epoxide rings is 1. The van der Waals surface area contributed by atoms with Gasteiger partial charge in [-0.3, -0.25) is 48.5 Å². The molecule has 4 bridgehead atoms. The number of hydrogen-bond acceptors (Lipinski definition) is 26. The topological polar surface area (TPSA) is 476 Å². The maximum atomic E-state index is 15.4. The van der Waals surface area contributed by atoms with Crippen molar-refractivity contribution in [3.63, 3.8) is 0 Å². The summed E-state index contributed by atoms with van der Waals surface area (Å²) >= 11 is 6.91.